The van der Waals surface area contributed by atoms with Crippen LogP contribution in [-0.4, -0.2) is 18.4 Å². The van der Waals surface area contributed by atoms with Gasteiger partial charge in [-0.2, -0.15) is 0 Å². The van der Waals surface area contributed by atoms with Crippen LogP contribution in [-0.2, 0) is 9.53 Å². The SMILES string of the molecule is C/C=C/C=C/C(=O)OCC(=O)c1ccc(Br)s1. The average molecular weight is 315 g/mol. The zero-order valence-electron chi connectivity index (χ0n) is 9.18. The average Bonchev–Trinajstić information content (AvgIpc) is 2.73. The van der Waals surface area contributed by atoms with Crippen LogP contribution in [0.3, 0.4) is 0 Å². The number of esters is 1. The Morgan fingerprint density at radius 2 is 2.18 bits per heavy atom. The Balaban J connectivity index is 2.41. The maximum absolute atomic E-state index is 11.6. The van der Waals surface area contributed by atoms with Gasteiger partial charge >= 0.3 is 5.97 Å². The van der Waals surface area contributed by atoms with Gasteiger partial charge in [0.2, 0.25) is 5.78 Å². The number of rotatable bonds is 5. The van der Waals surface area contributed by atoms with Gasteiger partial charge in [-0.3, -0.25) is 4.79 Å². The summed E-state index contributed by atoms with van der Waals surface area (Å²) in [7, 11) is 0. The van der Waals surface area contributed by atoms with E-state index in [9.17, 15) is 9.59 Å². The molecule has 0 aliphatic heterocycles. The normalized spacial score (nSPS) is 11.2. The Bertz CT molecular complexity index is 460. The summed E-state index contributed by atoms with van der Waals surface area (Å²) in [5.41, 5.74) is 0. The zero-order valence-corrected chi connectivity index (χ0v) is 11.6. The summed E-state index contributed by atoms with van der Waals surface area (Å²) in [6, 6.07) is 3.48. The first-order valence-electron chi connectivity index (χ1n) is 4.88. The minimum atomic E-state index is -0.521. The lowest BCUT2D eigenvalue weighted by Crippen LogP contribution is -2.11. The quantitative estimate of drug-likeness (QED) is 0.362. The molecule has 0 atom stereocenters. The van der Waals surface area contributed by atoms with E-state index in [1.54, 1.807) is 30.4 Å². The molecule has 0 aliphatic rings. The molecule has 0 spiro atoms. The zero-order chi connectivity index (χ0) is 12.7. The number of Topliss-reactive ketones (excluding diaryl/α,β-unsaturated/α-hetero) is 1. The van der Waals surface area contributed by atoms with Gasteiger partial charge in [0.05, 0.1) is 8.66 Å². The van der Waals surface area contributed by atoms with Crippen molar-refractivity contribution in [3.05, 3.63) is 45.1 Å². The van der Waals surface area contributed by atoms with E-state index in [0.29, 0.717) is 4.88 Å². The fourth-order valence-corrected chi connectivity index (χ4v) is 2.28. The molecule has 0 saturated heterocycles. The molecule has 1 rings (SSSR count). The summed E-state index contributed by atoms with van der Waals surface area (Å²) < 4.78 is 5.67. The largest absolute Gasteiger partial charge is 0.454 e. The summed E-state index contributed by atoms with van der Waals surface area (Å²) in [5.74, 6) is -0.722. The first-order chi connectivity index (χ1) is 8.13. The highest BCUT2D eigenvalue weighted by molar-refractivity contribution is 9.11. The summed E-state index contributed by atoms with van der Waals surface area (Å²) in [6.45, 7) is 1.61. The molecular formula is C12H11BrO3S. The molecule has 0 N–H and O–H groups in total. The Morgan fingerprint density at radius 1 is 1.41 bits per heavy atom. The Labute approximate surface area is 112 Å². The van der Waals surface area contributed by atoms with Gasteiger partial charge in [0.1, 0.15) is 0 Å². The molecule has 0 radical (unpaired) electrons. The van der Waals surface area contributed by atoms with Gasteiger partial charge in [-0.05, 0) is 35.0 Å². The molecule has 0 aromatic carbocycles. The minimum absolute atomic E-state index is 0.200. The van der Waals surface area contributed by atoms with E-state index < -0.39 is 5.97 Å². The van der Waals surface area contributed by atoms with Crippen molar-refractivity contribution in [3.8, 4) is 0 Å². The third-order valence-corrected chi connectivity index (χ3v) is 3.39. The number of thiophene rings is 1. The number of carbonyl (C=O) groups is 2. The lowest BCUT2D eigenvalue weighted by molar-refractivity contribution is -0.136. The van der Waals surface area contributed by atoms with Crippen molar-refractivity contribution in [1.29, 1.82) is 0 Å². The molecule has 0 aliphatic carbocycles. The number of ether oxygens (including phenoxy) is 1. The van der Waals surface area contributed by atoms with Crippen LogP contribution in [0.2, 0.25) is 0 Å². The minimum Gasteiger partial charge on any atom is -0.454 e. The maximum atomic E-state index is 11.6. The van der Waals surface area contributed by atoms with Crippen LogP contribution in [0.5, 0.6) is 0 Å². The first-order valence-corrected chi connectivity index (χ1v) is 6.49. The summed E-state index contributed by atoms with van der Waals surface area (Å²) in [4.78, 5) is 23.3. The van der Waals surface area contributed by atoms with Crippen LogP contribution in [0, 0.1) is 0 Å². The maximum Gasteiger partial charge on any atom is 0.331 e. The van der Waals surface area contributed by atoms with Crippen molar-refractivity contribution in [2.24, 2.45) is 0 Å². The Hall–Kier alpha value is -1.20. The van der Waals surface area contributed by atoms with Crippen molar-refractivity contribution in [2.75, 3.05) is 6.61 Å². The second-order valence-electron chi connectivity index (χ2n) is 3.02. The van der Waals surface area contributed by atoms with E-state index >= 15 is 0 Å². The van der Waals surface area contributed by atoms with E-state index in [4.69, 9.17) is 4.74 Å². The van der Waals surface area contributed by atoms with Gasteiger partial charge < -0.3 is 4.74 Å². The molecule has 3 nitrogen and oxygen atoms in total. The molecule has 0 saturated carbocycles. The predicted octanol–water partition coefficient (Wildman–Crippen LogP) is 3.37. The summed E-state index contributed by atoms with van der Waals surface area (Å²) >= 11 is 4.58. The van der Waals surface area contributed by atoms with E-state index in [1.165, 1.54) is 17.4 Å². The van der Waals surface area contributed by atoms with E-state index in [0.717, 1.165) is 3.79 Å². The number of hydrogen-bond acceptors (Lipinski definition) is 4. The number of ketones is 1. The molecule has 5 heteroatoms. The van der Waals surface area contributed by atoms with Crippen molar-refractivity contribution >= 4 is 39.0 Å². The van der Waals surface area contributed by atoms with Crippen LogP contribution < -0.4 is 0 Å². The number of hydrogen-bond donors (Lipinski definition) is 0. The molecule has 1 aromatic rings. The molecular weight excluding hydrogens is 304 g/mol. The highest BCUT2D eigenvalue weighted by Gasteiger charge is 2.10. The van der Waals surface area contributed by atoms with Gasteiger partial charge in [-0.1, -0.05) is 18.2 Å². The Morgan fingerprint density at radius 3 is 2.76 bits per heavy atom. The highest BCUT2D eigenvalue weighted by atomic mass is 79.9. The summed E-state index contributed by atoms with van der Waals surface area (Å²) in [6.07, 6.45) is 6.34. The molecule has 1 heterocycles. The number of allylic oxidation sites excluding steroid dienone is 3. The molecule has 90 valence electrons. The highest BCUT2D eigenvalue weighted by Crippen LogP contribution is 2.22. The fraction of sp³-hybridized carbons (Fsp3) is 0.167. The lowest BCUT2D eigenvalue weighted by atomic mass is 10.3. The van der Waals surface area contributed by atoms with Crippen LogP contribution in [0.4, 0.5) is 0 Å². The van der Waals surface area contributed by atoms with Crippen molar-refractivity contribution in [3.63, 3.8) is 0 Å². The molecule has 0 fully saturated rings. The van der Waals surface area contributed by atoms with Crippen LogP contribution >= 0.6 is 27.3 Å². The van der Waals surface area contributed by atoms with Gasteiger partial charge in [-0.15, -0.1) is 11.3 Å². The Kier molecular flexibility index (Phi) is 5.86. The third kappa shape index (κ3) is 5.10. The van der Waals surface area contributed by atoms with Crippen molar-refractivity contribution < 1.29 is 14.3 Å². The second-order valence-corrected chi connectivity index (χ2v) is 5.48. The van der Waals surface area contributed by atoms with E-state index in [1.807, 2.05) is 6.92 Å². The van der Waals surface area contributed by atoms with Crippen LogP contribution in [0.25, 0.3) is 0 Å². The van der Waals surface area contributed by atoms with E-state index in [-0.39, 0.29) is 12.4 Å². The van der Waals surface area contributed by atoms with E-state index in [2.05, 4.69) is 15.9 Å². The molecule has 0 unspecified atom stereocenters. The number of carbonyl (C=O) groups excluding carboxylic acids is 2. The lowest BCUT2D eigenvalue weighted by Gasteiger charge is -1.98. The first kappa shape index (κ1) is 13.9. The topological polar surface area (TPSA) is 43.4 Å². The fourth-order valence-electron chi connectivity index (χ4n) is 0.965. The molecule has 0 amide bonds. The molecule has 17 heavy (non-hydrogen) atoms. The summed E-state index contributed by atoms with van der Waals surface area (Å²) in [5, 5.41) is 0. The monoisotopic (exact) mass is 314 g/mol. The third-order valence-electron chi connectivity index (χ3n) is 1.73. The standard InChI is InChI=1S/C12H11BrO3S/c1-2-3-4-5-12(15)16-8-9(14)10-6-7-11(13)17-10/h2-7H,8H2,1H3/b3-2+,5-4+. The van der Waals surface area contributed by atoms with Gasteiger partial charge in [-0.25, -0.2) is 4.79 Å². The van der Waals surface area contributed by atoms with Crippen LogP contribution in [0.15, 0.2) is 40.2 Å². The number of halogens is 1. The van der Waals surface area contributed by atoms with Crippen LogP contribution in [0.1, 0.15) is 16.6 Å². The molecule has 0 bridgehead atoms. The predicted molar refractivity (Wildman–Crippen MR) is 71.3 cm³/mol. The van der Waals surface area contributed by atoms with Gasteiger partial charge in [0, 0.05) is 6.08 Å². The van der Waals surface area contributed by atoms with Gasteiger partial charge in [0.15, 0.2) is 6.61 Å². The smallest absolute Gasteiger partial charge is 0.331 e. The van der Waals surface area contributed by atoms with Gasteiger partial charge in [0.25, 0.3) is 0 Å². The van der Waals surface area contributed by atoms with Crippen molar-refractivity contribution in [2.45, 2.75) is 6.92 Å². The molecule has 1 aromatic heterocycles. The second kappa shape index (κ2) is 7.19. The van der Waals surface area contributed by atoms with Crippen molar-refractivity contribution in [1.82, 2.24) is 0 Å².